The van der Waals surface area contributed by atoms with Crippen molar-refractivity contribution in [2.75, 3.05) is 13.1 Å². The summed E-state index contributed by atoms with van der Waals surface area (Å²) in [6, 6.07) is 1.56. The van der Waals surface area contributed by atoms with Gasteiger partial charge in [0.15, 0.2) is 0 Å². The first kappa shape index (κ1) is 13.8. The van der Waals surface area contributed by atoms with Crippen LogP contribution in [0.5, 0.6) is 0 Å². The number of carbonyl (C=O) groups excluding carboxylic acids is 1. The molecule has 0 N–H and O–H groups in total. The molecular formula is C13H11F4N3O. The van der Waals surface area contributed by atoms with Crippen molar-refractivity contribution in [3.05, 3.63) is 35.4 Å². The minimum atomic E-state index is -2.88. The second-order valence-electron chi connectivity index (χ2n) is 5.09. The zero-order valence-electron chi connectivity index (χ0n) is 10.8. The van der Waals surface area contributed by atoms with Crippen molar-refractivity contribution in [2.24, 2.45) is 5.10 Å². The second-order valence-corrected chi connectivity index (χ2v) is 5.09. The average Bonchev–Trinajstić information content (AvgIpc) is 2.82. The van der Waals surface area contributed by atoms with Gasteiger partial charge in [-0.25, -0.2) is 27.4 Å². The van der Waals surface area contributed by atoms with Gasteiger partial charge in [0.25, 0.3) is 5.92 Å². The van der Waals surface area contributed by atoms with Gasteiger partial charge in [-0.1, -0.05) is 0 Å². The molecule has 2 amide bonds. The number of alkyl halides is 2. The molecule has 8 heteroatoms. The first-order valence-corrected chi connectivity index (χ1v) is 6.30. The van der Waals surface area contributed by atoms with Crippen molar-refractivity contribution in [3.63, 3.8) is 0 Å². The summed E-state index contributed by atoms with van der Waals surface area (Å²) in [5, 5.41) is 4.82. The Morgan fingerprint density at radius 1 is 1.19 bits per heavy atom. The minimum Gasteiger partial charge on any atom is -0.311 e. The Balaban J connectivity index is 1.79. The Morgan fingerprint density at radius 3 is 2.38 bits per heavy atom. The zero-order valence-corrected chi connectivity index (χ0v) is 10.8. The summed E-state index contributed by atoms with van der Waals surface area (Å²) < 4.78 is 52.1. The molecule has 0 aliphatic carbocycles. The van der Waals surface area contributed by atoms with Crippen LogP contribution in [0.4, 0.5) is 22.4 Å². The Bertz CT molecular complexity index is 591. The maximum atomic E-state index is 13.3. The number of hydrogen-bond acceptors (Lipinski definition) is 2. The van der Waals surface area contributed by atoms with E-state index in [9.17, 15) is 22.4 Å². The van der Waals surface area contributed by atoms with Crippen LogP contribution in [0.3, 0.4) is 0 Å². The number of amides is 2. The second kappa shape index (κ2) is 4.71. The number of likely N-dealkylation sites (tertiary alicyclic amines) is 1. The Morgan fingerprint density at radius 2 is 1.81 bits per heavy atom. The lowest BCUT2D eigenvalue weighted by molar-refractivity contribution is -0.114. The van der Waals surface area contributed by atoms with Crippen molar-refractivity contribution < 1.29 is 22.4 Å². The number of rotatable bonds is 1. The van der Waals surface area contributed by atoms with E-state index >= 15 is 0 Å². The van der Waals surface area contributed by atoms with Gasteiger partial charge in [0.1, 0.15) is 11.6 Å². The Labute approximate surface area is 117 Å². The van der Waals surface area contributed by atoms with E-state index in [1.807, 2.05) is 0 Å². The fourth-order valence-electron chi connectivity index (χ4n) is 2.44. The Hall–Kier alpha value is -2.12. The summed E-state index contributed by atoms with van der Waals surface area (Å²) in [7, 11) is 0. The lowest BCUT2D eigenvalue weighted by Crippen LogP contribution is -2.60. The summed E-state index contributed by atoms with van der Waals surface area (Å²) in [5.74, 6) is -4.40. The maximum absolute atomic E-state index is 13.3. The van der Waals surface area contributed by atoms with Gasteiger partial charge in [-0.3, -0.25) is 0 Å². The van der Waals surface area contributed by atoms with Gasteiger partial charge in [0.2, 0.25) is 0 Å². The molecule has 1 aromatic rings. The molecule has 2 aliphatic heterocycles. The highest BCUT2D eigenvalue weighted by Gasteiger charge is 2.48. The highest BCUT2D eigenvalue weighted by atomic mass is 19.3. The molecule has 0 aromatic heterocycles. The number of nitrogens with zero attached hydrogens (tertiary/aromatic N) is 3. The third-order valence-corrected chi connectivity index (χ3v) is 3.41. The topological polar surface area (TPSA) is 35.9 Å². The van der Waals surface area contributed by atoms with Crippen molar-refractivity contribution in [1.29, 1.82) is 0 Å². The number of urea groups is 1. The van der Waals surface area contributed by atoms with Gasteiger partial charge in [0.05, 0.1) is 19.1 Å². The van der Waals surface area contributed by atoms with Crippen LogP contribution in [-0.2, 0) is 0 Å². The SMILES string of the molecule is O=C(N1CC(F)(F)C1)N1N=CC[C@H]1c1cc(F)cc(F)c1. The molecule has 0 saturated carbocycles. The highest BCUT2D eigenvalue weighted by molar-refractivity contribution is 5.79. The molecule has 21 heavy (non-hydrogen) atoms. The normalized spacial score (nSPS) is 23.3. The number of hydrazone groups is 1. The number of carbonyl (C=O) groups is 1. The summed E-state index contributed by atoms with van der Waals surface area (Å²) >= 11 is 0. The largest absolute Gasteiger partial charge is 0.341 e. The smallest absolute Gasteiger partial charge is 0.311 e. The van der Waals surface area contributed by atoms with E-state index in [-0.39, 0.29) is 12.0 Å². The van der Waals surface area contributed by atoms with Crippen LogP contribution >= 0.6 is 0 Å². The first-order chi connectivity index (χ1) is 9.85. The van der Waals surface area contributed by atoms with Crippen LogP contribution in [0, 0.1) is 11.6 Å². The van der Waals surface area contributed by atoms with Crippen molar-refractivity contribution in [3.8, 4) is 0 Å². The predicted molar refractivity (Wildman–Crippen MR) is 66.0 cm³/mol. The van der Waals surface area contributed by atoms with E-state index in [1.54, 1.807) is 0 Å². The molecule has 0 radical (unpaired) electrons. The van der Waals surface area contributed by atoms with E-state index in [4.69, 9.17) is 0 Å². The van der Waals surface area contributed by atoms with E-state index in [0.717, 1.165) is 28.1 Å². The maximum Gasteiger partial charge on any atom is 0.341 e. The molecule has 1 aromatic carbocycles. The van der Waals surface area contributed by atoms with Crippen LogP contribution < -0.4 is 0 Å². The molecule has 3 rings (SSSR count). The van der Waals surface area contributed by atoms with Crippen LogP contribution in [0.25, 0.3) is 0 Å². The van der Waals surface area contributed by atoms with Gasteiger partial charge in [0, 0.05) is 18.7 Å². The minimum absolute atomic E-state index is 0.241. The fourth-order valence-corrected chi connectivity index (χ4v) is 2.44. The molecule has 0 bridgehead atoms. The lowest BCUT2D eigenvalue weighted by Gasteiger charge is -2.40. The third-order valence-electron chi connectivity index (χ3n) is 3.41. The lowest BCUT2D eigenvalue weighted by atomic mass is 10.0. The zero-order chi connectivity index (χ0) is 15.2. The highest BCUT2D eigenvalue weighted by Crippen LogP contribution is 2.33. The van der Waals surface area contributed by atoms with Crippen LogP contribution in [0.15, 0.2) is 23.3 Å². The fraction of sp³-hybridized carbons (Fsp3) is 0.385. The van der Waals surface area contributed by atoms with E-state index in [1.165, 1.54) is 6.21 Å². The average molecular weight is 301 g/mol. The van der Waals surface area contributed by atoms with Crippen LogP contribution in [0.1, 0.15) is 18.0 Å². The molecular weight excluding hydrogens is 290 g/mol. The molecule has 1 fully saturated rings. The van der Waals surface area contributed by atoms with E-state index < -0.39 is 42.7 Å². The molecule has 2 aliphatic rings. The van der Waals surface area contributed by atoms with Gasteiger partial charge in [-0.05, 0) is 17.7 Å². The molecule has 1 atom stereocenters. The van der Waals surface area contributed by atoms with Gasteiger partial charge < -0.3 is 4.90 Å². The number of hydrogen-bond donors (Lipinski definition) is 0. The molecule has 0 spiro atoms. The van der Waals surface area contributed by atoms with E-state index in [2.05, 4.69) is 5.10 Å². The Kier molecular flexibility index (Phi) is 3.11. The summed E-state index contributed by atoms with van der Waals surface area (Å²) in [5.41, 5.74) is 0.241. The van der Waals surface area contributed by atoms with E-state index in [0.29, 0.717) is 0 Å². The van der Waals surface area contributed by atoms with Crippen LogP contribution in [-0.4, -0.2) is 41.2 Å². The molecule has 112 valence electrons. The van der Waals surface area contributed by atoms with Crippen molar-refractivity contribution in [1.82, 2.24) is 9.91 Å². The number of halogens is 4. The molecule has 0 unspecified atom stereocenters. The van der Waals surface area contributed by atoms with Gasteiger partial charge in [-0.15, -0.1) is 0 Å². The molecule has 4 nitrogen and oxygen atoms in total. The van der Waals surface area contributed by atoms with Crippen molar-refractivity contribution >= 4 is 12.2 Å². The first-order valence-electron chi connectivity index (χ1n) is 6.30. The van der Waals surface area contributed by atoms with Crippen LogP contribution in [0.2, 0.25) is 0 Å². The summed E-state index contributed by atoms with van der Waals surface area (Å²) in [6.07, 6.45) is 1.70. The quantitative estimate of drug-likeness (QED) is 0.735. The summed E-state index contributed by atoms with van der Waals surface area (Å²) in [4.78, 5) is 13.0. The molecule has 1 saturated heterocycles. The third kappa shape index (κ3) is 2.57. The van der Waals surface area contributed by atoms with Gasteiger partial charge >= 0.3 is 6.03 Å². The standard InChI is InChI=1S/C13H11F4N3O/c14-9-3-8(4-10(15)5-9)11-1-2-18-20(11)12(21)19-6-13(16,17)7-19/h2-5,11H,1,6-7H2/t11-/m0/s1. The number of benzene rings is 1. The predicted octanol–water partition coefficient (Wildman–Crippen LogP) is 2.77. The summed E-state index contributed by atoms with van der Waals surface area (Å²) in [6.45, 7) is -1.33. The van der Waals surface area contributed by atoms with Crippen molar-refractivity contribution in [2.45, 2.75) is 18.4 Å². The molecule has 2 heterocycles. The van der Waals surface area contributed by atoms with Gasteiger partial charge in [-0.2, -0.15) is 5.10 Å². The monoisotopic (exact) mass is 301 g/mol.